The van der Waals surface area contributed by atoms with Crippen molar-refractivity contribution in [2.45, 2.75) is 89.0 Å². The van der Waals surface area contributed by atoms with E-state index in [0.717, 1.165) is 0 Å². The van der Waals surface area contributed by atoms with Gasteiger partial charge in [0.15, 0.2) is 0 Å². The van der Waals surface area contributed by atoms with Gasteiger partial charge in [0.2, 0.25) is 0 Å². The van der Waals surface area contributed by atoms with E-state index < -0.39 is 0 Å². The molecule has 0 radical (unpaired) electrons. The number of hydrogen-bond acceptors (Lipinski definition) is 1. The van der Waals surface area contributed by atoms with Crippen molar-refractivity contribution in [1.29, 1.82) is 0 Å². The second-order valence-electron chi connectivity index (χ2n) is 4.57. The highest BCUT2D eigenvalue weighted by Crippen LogP contribution is 2.06. The zero-order chi connectivity index (χ0) is 17.8. The van der Waals surface area contributed by atoms with Crippen LogP contribution < -0.4 is 0 Å². The molecule has 0 bridgehead atoms. The van der Waals surface area contributed by atoms with Crippen LogP contribution in [0.4, 0.5) is 0 Å². The summed E-state index contributed by atoms with van der Waals surface area (Å²) in [6, 6.07) is 6.56. The van der Waals surface area contributed by atoms with Crippen LogP contribution in [0.25, 0.3) is 0 Å². The standard InChI is InChI=1S/C9H12.C4H10.C3H6O.2C2H6/c1-7-4-8(2)6-9(3)5-7;1-3-4-2;1-3(2)4;2*1-2/h4-6H,1-3H3;3-4H2,1-2H3;1-2H3;2*1-2H3. The highest BCUT2D eigenvalue weighted by Gasteiger charge is 1.87. The lowest BCUT2D eigenvalue weighted by atomic mass is 10.1. The number of Topliss-reactive ketones (excluding diaryl/α,β-unsaturated/α-hetero) is 1. The van der Waals surface area contributed by atoms with Gasteiger partial charge in [-0.05, 0) is 34.6 Å². The van der Waals surface area contributed by atoms with Crippen LogP contribution in [0.5, 0.6) is 0 Å². The fraction of sp³-hybridized carbons (Fsp3) is 0.650. The Morgan fingerprint density at radius 3 is 0.952 bits per heavy atom. The van der Waals surface area contributed by atoms with Crippen LogP contribution in [-0.2, 0) is 4.79 Å². The van der Waals surface area contributed by atoms with Gasteiger partial charge in [-0.2, -0.15) is 0 Å². The predicted octanol–water partition coefficient (Wildman–Crippen LogP) is 7.07. The molecule has 1 aromatic carbocycles. The van der Waals surface area contributed by atoms with Crippen LogP contribution in [0, 0.1) is 20.8 Å². The van der Waals surface area contributed by atoms with Gasteiger partial charge in [0.1, 0.15) is 5.78 Å². The molecule has 0 aromatic heterocycles. The molecule has 0 aliphatic heterocycles. The summed E-state index contributed by atoms with van der Waals surface area (Å²) in [6.07, 6.45) is 2.64. The molecule has 21 heavy (non-hydrogen) atoms. The maximum Gasteiger partial charge on any atom is 0.126 e. The van der Waals surface area contributed by atoms with E-state index in [9.17, 15) is 4.79 Å². The van der Waals surface area contributed by atoms with Crippen molar-refractivity contribution < 1.29 is 4.79 Å². The van der Waals surface area contributed by atoms with E-state index in [1.54, 1.807) is 0 Å². The zero-order valence-corrected chi connectivity index (χ0v) is 16.6. The molecule has 0 unspecified atom stereocenters. The van der Waals surface area contributed by atoms with Gasteiger partial charge in [0, 0.05) is 0 Å². The van der Waals surface area contributed by atoms with E-state index >= 15 is 0 Å². The van der Waals surface area contributed by atoms with E-state index in [1.165, 1.54) is 43.4 Å². The number of unbranched alkanes of at least 4 members (excludes halogenated alkanes) is 1. The van der Waals surface area contributed by atoms with Crippen LogP contribution in [-0.4, -0.2) is 5.78 Å². The molecule has 0 spiro atoms. The average molecular weight is 297 g/mol. The highest BCUT2D eigenvalue weighted by atomic mass is 16.1. The Kier molecular flexibility index (Phi) is 32.1. The Labute approximate surface area is 135 Å². The van der Waals surface area contributed by atoms with Gasteiger partial charge < -0.3 is 4.79 Å². The summed E-state index contributed by atoms with van der Waals surface area (Å²) in [5, 5.41) is 0. The maximum absolute atomic E-state index is 9.44. The SMILES string of the molecule is CC.CC.CC(C)=O.CCCC.Cc1cc(C)cc(C)c1. The molecule has 1 aromatic rings. The Morgan fingerprint density at radius 1 is 0.714 bits per heavy atom. The molecule has 0 saturated carbocycles. The summed E-state index contributed by atoms with van der Waals surface area (Å²) in [4.78, 5) is 9.44. The van der Waals surface area contributed by atoms with Gasteiger partial charge in [-0.3, -0.25) is 0 Å². The van der Waals surface area contributed by atoms with Crippen molar-refractivity contribution >= 4 is 5.78 Å². The normalized spacial score (nSPS) is 7.38. The molecule has 0 N–H and O–H groups in total. The fourth-order valence-electron chi connectivity index (χ4n) is 1.20. The van der Waals surface area contributed by atoms with Crippen molar-refractivity contribution in [2.75, 3.05) is 0 Å². The van der Waals surface area contributed by atoms with Crippen LogP contribution >= 0.6 is 0 Å². The van der Waals surface area contributed by atoms with Gasteiger partial charge in [-0.15, -0.1) is 0 Å². The number of aryl methyl sites for hydroxylation is 3. The van der Waals surface area contributed by atoms with Crippen molar-refractivity contribution in [3.05, 3.63) is 34.9 Å². The predicted molar refractivity (Wildman–Crippen MR) is 100 cm³/mol. The van der Waals surface area contributed by atoms with E-state index in [4.69, 9.17) is 0 Å². The highest BCUT2D eigenvalue weighted by molar-refractivity contribution is 5.72. The molecule has 0 aliphatic rings. The average Bonchev–Trinajstić information content (AvgIpc) is 2.41. The number of carbonyl (C=O) groups excluding carboxylic acids is 1. The summed E-state index contributed by atoms with van der Waals surface area (Å²) in [5.41, 5.74) is 4.06. The van der Waals surface area contributed by atoms with Gasteiger partial charge >= 0.3 is 0 Å². The Bertz CT molecular complexity index is 257. The first-order chi connectivity index (χ1) is 9.83. The van der Waals surface area contributed by atoms with E-state index in [2.05, 4.69) is 52.8 Å². The third kappa shape index (κ3) is 38.1. The van der Waals surface area contributed by atoms with Crippen molar-refractivity contribution in [2.24, 2.45) is 0 Å². The summed E-state index contributed by atoms with van der Waals surface area (Å²) in [7, 11) is 0. The number of ketones is 1. The molecular weight excluding hydrogens is 256 g/mol. The second-order valence-corrected chi connectivity index (χ2v) is 4.57. The smallest absolute Gasteiger partial charge is 0.126 e. The largest absolute Gasteiger partial charge is 0.300 e. The number of carbonyl (C=O) groups is 1. The second kappa shape index (κ2) is 23.9. The molecular formula is C20H40O. The monoisotopic (exact) mass is 296 g/mol. The topological polar surface area (TPSA) is 17.1 Å². The first kappa shape index (κ1) is 28.1. The van der Waals surface area contributed by atoms with Crippen LogP contribution in [0.15, 0.2) is 18.2 Å². The molecule has 0 atom stereocenters. The molecule has 0 heterocycles. The zero-order valence-electron chi connectivity index (χ0n) is 16.6. The van der Waals surface area contributed by atoms with Gasteiger partial charge in [-0.1, -0.05) is 89.3 Å². The van der Waals surface area contributed by atoms with Crippen LogP contribution in [0.1, 0.15) is 84.9 Å². The summed E-state index contributed by atoms with van der Waals surface area (Å²) in [5.74, 6) is 0.167. The summed E-state index contributed by atoms with van der Waals surface area (Å²) >= 11 is 0. The quantitative estimate of drug-likeness (QED) is 0.541. The lowest BCUT2D eigenvalue weighted by Crippen LogP contribution is -1.78. The number of benzene rings is 1. The van der Waals surface area contributed by atoms with E-state index in [1.807, 2.05) is 27.7 Å². The lowest BCUT2D eigenvalue weighted by molar-refractivity contribution is -0.114. The van der Waals surface area contributed by atoms with Crippen molar-refractivity contribution in [1.82, 2.24) is 0 Å². The molecule has 1 nitrogen and oxygen atoms in total. The van der Waals surface area contributed by atoms with Gasteiger partial charge in [-0.25, -0.2) is 0 Å². The third-order valence-corrected chi connectivity index (χ3v) is 1.87. The number of hydrogen-bond donors (Lipinski definition) is 0. The van der Waals surface area contributed by atoms with Gasteiger partial charge in [0.25, 0.3) is 0 Å². The molecule has 0 fully saturated rings. The Hall–Kier alpha value is -1.11. The van der Waals surface area contributed by atoms with Crippen LogP contribution in [0.2, 0.25) is 0 Å². The molecule has 0 amide bonds. The molecule has 0 saturated heterocycles. The van der Waals surface area contributed by atoms with Crippen LogP contribution in [0.3, 0.4) is 0 Å². The molecule has 126 valence electrons. The summed E-state index contributed by atoms with van der Waals surface area (Å²) in [6.45, 7) is 21.8. The Balaban J connectivity index is -0.000000103. The fourth-order valence-corrected chi connectivity index (χ4v) is 1.20. The van der Waals surface area contributed by atoms with E-state index in [-0.39, 0.29) is 5.78 Å². The minimum atomic E-state index is 0.167. The summed E-state index contributed by atoms with van der Waals surface area (Å²) < 4.78 is 0. The van der Waals surface area contributed by atoms with Crippen molar-refractivity contribution in [3.63, 3.8) is 0 Å². The lowest BCUT2D eigenvalue weighted by Gasteiger charge is -1.96. The minimum Gasteiger partial charge on any atom is -0.300 e. The minimum absolute atomic E-state index is 0.167. The molecule has 1 rings (SSSR count). The molecule has 0 aliphatic carbocycles. The van der Waals surface area contributed by atoms with E-state index in [0.29, 0.717) is 0 Å². The Morgan fingerprint density at radius 2 is 0.857 bits per heavy atom. The van der Waals surface area contributed by atoms with Crippen molar-refractivity contribution in [3.8, 4) is 0 Å². The maximum atomic E-state index is 9.44. The first-order valence-electron chi connectivity index (χ1n) is 8.35. The van der Waals surface area contributed by atoms with Gasteiger partial charge in [0.05, 0.1) is 0 Å². The number of rotatable bonds is 1. The first-order valence-corrected chi connectivity index (χ1v) is 8.35. The third-order valence-electron chi connectivity index (χ3n) is 1.87. The molecule has 1 heteroatoms.